The number of imidazole rings is 1. The highest BCUT2D eigenvalue weighted by Crippen LogP contribution is 2.19. The van der Waals surface area contributed by atoms with Crippen LogP contribution in [0, 0.1) is 0 Å². The highest BCUT2D eigenvalue weighted by atomic mass is 35.5. The maximum absolute atomic E-state index is 12.5. The lowest BCUT2D eigenvalue weighted by atomic mass is 10.2. The van der Waals surface area contributed by atoms with Crippen molar-refractivity contribution in [1.29, 1.82) is 0 Å². The van der Waals surface area contributed by atoms with Crippen molar-refractivity contribution in [3.8, 4) is 0 Å². The Bertz CT molecular complexity index is 1300. The van der Waals surface area contributed by atoms with Crippen molar-refractivity contribution in [3.05, 3.63) is 85.8 Å². The van der Waals surface area contributed by atoms with Gasteiger partial charge in [-0.2, -0.15) is 10.1 Å². The van der Waals surface area contributed by atoms with Gasteiger partial charge in [-0.15, -0.1) is 0 Å². The molecule has 0 atom stereocenters. The number of H-pyrrole nitrogens is 1. The summed E-state index contributed by atoms with van der Waals surface area (Å²) in [6.45, 7) is 0.333. The molecule has 0 fully saturated rings. The third-order valence-electron chi connectivity index (χ3n) is 4.32. The maximum atomic E-state index is 12.5. The topological polar surface area (TPSA) is 110 Å². The largest absolute Gasteiger partial charge is 0.329 e. The van der Waals surface area contributed by atoms with Gasteiger partial charge in [-0.25, -0.2) is 10.2 Å². The van der Waals surface area contributed by atoms with Gasteiger partial charge in [0.2, 0.25) is 5.95 Å². The lowest BCUT2D eigenvalue weighted by Gasteiger charge is -2.08. The number of rotatable bonds is 5. The Hall–Kier alpha value is -3.72. The number of anilines is 1. The summed E-state index contributed by atoms with van der Waals surface area (Å²) in [7, 11) is 1.54. The molecular weight excluding hydrogens is 394 g/mol. The maximum Gasteiger partial charge on any atom is 0.329 e. The van der Waals surface area contributed by atoms with E-state index in [0.29, 0.717) is 17.5 Å². The molecule has 0 spiro atoms. The number of halogens is 1. The van der Waals surface area contributed by atoms with E-state index in [4.69, 9.17) is 11.6 Å². The lowest BCUT2D eigenvalue weighted by Crippen LogP contribution is -2.29. The minimum atomic E-state index is -0.538. The van der Waals surface area contributed by atoms with Crippen LogP contribution in [0.25, 0.3) is 11.2 Å². The molecule has 0 aliphatic rings. The predicted octanol–water partition coefficient (Wildman–Crippen LogP) is 1.97. The summed E-state index contributed by atoms with van der Waals surface area (Å²) in [6.07, 6.45) is 4.92. The molecule has 0 saturated carbocycles. The highest BCUT2D eigenvalue weighted by Gasteiger charge is 2.17. The third-order valence-corrected chi connectivity index (χ3v) is 4.58. The van der Waals surface area contributed by atoms with Crippen LogP contribution in [0.5, 0.6) is 0 Å². The molecule has 29 heavy (non-hydrogen) atoms. The Labute approximate surface area is 169 Å². The van der Waals surface area contributed by atoms with E-state index in [0.717, 1.165) is 11.1 Å². The van der Waals surface area contributed by atoms with E-state index in [2.05, 4.69) is 25.5 Å². The van der Waals surface area contributed by atoms with Crippen molar-refractivity contribution in [2.45, 2.75) is 6.54 Å². The quantitative estimate of drug-likeness (QED) is 0.387. The Morgan fingerprint density at radius 2 is 2.03 bits per heavy atom. The zero-order valence-electron chi connectivity index (χ0n) is 15.3. The molecule has 0 aliphatic carbocycles. The first-order valence-corrected chi connectivity index (χ1v) is 9.04. The number of fused-ring (bicyclic) bond motifs is 1. The van der Waals surface area contributed by atoms with Gasteiger partial charge in [-0.3, -0.25) is 23.9 Å². The molecule has 9 nitrogen and oxygen atoms in total. The van der Waals surface area contributed by atoms with Crippen LogP contribution in [-0.4, -0.2) is 30.3 Å². The number of aryl methyl sites for hydroxylation is 1. The fourth-order valence-corrected chi connectivity index (χ4v) is 2.99. The molecule has 4 aromatic rings. The van der Waals surface area contributed by atoms with Crippen LogP contribution in [0.15, 0.2) is 63.5 Å². The van der Waals surface area contributed by atoms with E-state index in [9.17, 15) is 9.59 Å². The van der Waals surface area contributed by atoms with Gasteiger partial charge in [0.1, 0.15) is 0 Å². The second-order valence-corrected chi connectivity index (χ2v) is 6.73. The first-order chi connectivity index (χ1) is 14.0. The number of benzene rings is 1. The number of aromatic nitrogens is 5. The number of hydrazone groups is 1. The van der Waals surface area contributed by atoms with Crippen LogP contribution in [0.4, 0.5) is 5.95 Å². The van der Waals surface area contributed by atoms with Crippen LogP contribution in [-0.2, 0) is 13.6 Å². The summed E-state index contributed by atoms with van der Waals surface area (Å²) in [4.78, 5) is 35.2. The SMILES string of the molecule is Cn1c(=O)[nH]c(=O)c2c1nc(N/N=C\c1cccnc1)n2Cc1ccc(Cl)cc1. The molecule has 0 radical (unpaired) electrons. The van der Waals surface area contributed by atoms with Crippen LogP contribution < -0.4 is 16.7 Å². The average molecular weight is 410 g/mol. The smallest absolute Gasteiger partial charge is 0.298 e. The van der Waals surface area contributed by atoms with E-state index in [-0.39, 0.29) is 11.2 Å². The van der Waals surface area contributed by atoms with Crippen LogP contribution in [0.2, 0.25) is 5.02 Å². The number of nitrogens with one attached hydrogen (secondary N) is 2. The molecule has 4 rings (SSSR count). The number of aromatic amines is 1. The first kappa shape index (κ1) is 18.6. The van der Waals surface area contributed by atoms with Crippen molar-refractivity contribution < 1.29 is 0 Å². The van der Waals surface area contributed by atoms with Crippen molar-refractivity contribution >= 4 is 34.9 Å². The second kappa shape index (κ2) is 7.72. The fourth-order valence-electron chi connectivity index (χ4n) is 2.86. The summed E-state index contributed by atoms with van der Waals surface area (Å²) in [5.74, 6) is 0.321. The van der Waals surface area contributed by atoms with Gasteiger partial charge >= 0.3 is 5.69 Å². The molecule has 0 bridgehead atoms. The lowest BCUT2D eigenvalue weighted by molar-refractivity contribution is 0.808. The highest BCUT2D eigenvalue weighted by molar-refractivity contribution is 6.30. The van der Waals surface area contributed by atoms with E-state index in [1.807, 2.05) is 18.2 Å². The zero-order chi connectivity index (χ0) is 20.4. The van der Waals surface area contributed by atoms with Gasteiger partial charge < -0.3 is 0 Å². The molecule has 3 heterocycles. The number of pyridine rings is 1. The normalized spacial score (nSPS) is 11.4. The summed E-state index contributed by atoms with van der Waals surface area (Å²) in [5.41, 5.74) is 4.02. The fraction of sp³-hybridized carbons (Fsp3) is 0.105. The van der Waals surface area contributed by atoms with Crippen molar-refractivity contribution in [1.82, 2.24) is 24.1 Å². The molecular formula is C19H16ClN7O2. The Kier molecular flexibility index (Phi) is 4.96. The second-order valence-electron chi connectivity index (χ2n) is 6.29. The monoisotopic (exact) mass is 409 g/mol. The van der Waals surface area contributed by atoms with Gasteiger partial charge in [0.15, 0.2) is 11.2 Å². The van der Waals surface area contributed by atoms with E-state index in [1.165, 1.54) is 4.57 Å². The molecule has 1 aromatic carbocycles. The Morgan fingerprint density at radius 3 is 2.76 bits per heavy atom. The van der Waals surface area contributed by atoms with Crippen LogP contribution >= 0.6 is 11.6 Å². The van der Waals surface area contributed by atoms with E-state index < -0.39 is 11.2 Å². The van der Waals surface area contributed by atoms with Gasteiger partial charge in [0.25, 0.3) is 5.56 Å². The molecule has 0 saturated heterocycles. The molecule has 0 aliphatic heterocycles. The first-order valence-electron chi connectivity index (χ1n) is 8.66. The molecule has 146 valence electrons. The van der Waals surface area contributed by atoms with Gasteiger partial charge in [-0.05, 0) is 23.8 Å². The Morgan fingerprint density at radius 1 is 1.24 bits per heavy atom. The van der Waals surface area contributed by atoms with Gasteiger partial charge in [-0.1, -0.05) is 29.8 Å². The molecule has 2 N–H and O–H groups in total. The molecule has 0 amide bonds. The average Bonchev–Trinajstić information content (AvgIpc) is 3.08. The van der Waals surface area contributed by atoms with Gasteiger partial charge in [0.05, 0.1) is 12.8 Å². The zero-order valence-corrected chi connectivity index (χ0v) is 16.1. The summed E-state index contributed by atoms with van der Waals surface area (Å²) in [6, 6.07) is 10.9. The van der Waals surface area contributed by atoms with Crippen LogP contribution in [0.3, 0.4) is 0 Å². The predicted molar refractivity (Wildman–Crippen MR) is 112 cm³/mol. The Balaban J connectivity index is 1.79. The van der Waals surface area contributed by atoms with E-state index >= 15 is 0 Å². The van der Waals surface area contributed by atoms with E-state index in [1.54, 1.807) is 48.4 Å². The summed E-state index contributed by atoms with van der Waals surface area (Å²) < 4.78 is 2.95. The molecule has 10 heteroatoms. The standard InChI is InChI=1S/C19H16ClN7O2/c1-26-16-15(17(28)24-19(26)29)27(11-12-4-6-14(20)7-5-12)18(23-16)25-22-10-13-3-2-8-21-9-13/h2-10H,11H2,1H3,(H,23,25)(H,24,28,29)/b22-10-. The minimum Gasteiger partial charge on any atom is -0.298 e. The molecule has 3 aromatic heterocycles. The number of nitrogens with zero attached hydrogens (tertiary/aromatic N) is 5. The van der Waals surface area contributed by atoms with Crippen molar-refractivity contribution in [3.63, 3.8) is 0 Å². The minimum absolute atomic E-state index is 0.256. The summed E-state index contributed by atoms with van der Waals surface area (Å²) >= 11 is 5.96. The summed E-state index contributed by atoms with van der Waals surface area (Å²) in [5, 5.41) is 4.80. The number of hydrogen-bond donors (Lipinski definition) is 2. The van der Waals surface area contributed by atoms with Crippen molar-refractivity contribution in [2.75, 3.05) is 5.43 Å². The van der Waals surface area contributed by atoms with Crippen molar-refractivity contribution in [2.24, 2.45) is 12.1 Å². The third kappa shape index (κ3) is 3.81. The van der Waals surface area contributed by atoms with Gasteiger partial charge in [0, 0.05) is 30.0 Å². The van der Waals surface area contributed by atoms with Crippen LogP contribution in [0.1, 0.15) is 11.1 Å². The number of hydrogen-bond acceptors (Lipinski definition) is 6. The molecule has 0 unspecified atom stereocenters.